The van der Waals surface area contributed by atoms with E-state index in [1.54, 1.807) is 6.08 Å². The van der Waals surface area contributed by atoms with E-state index < -0.39 is 0 Å². The molecular weight excluding hydrogens is 264 g/mol. The topological polar surface area (TPSA) is 38.7 Å². The molecule has 0 unspecified atom stereocenters. The zero-order valence-electron chi connectivity index (χ0n) is 11.4. The van der Waals surface area contributed by atoms with Gasteiger partial charge in [0.15, 0.2) is 11.5 Å². The largest absolute Gasteiger partial charge is 0.454 e. The van der Waals surface area contributed by atoms with Crippen molar-refractivity contribution in [3.8, 4) is 23.3 Å². The number of hydrogen-bond donors (Lipinski definition) is 1. The molecule has 1 aliphatic rings. The number of allylic oxidation sites excluding steroid dienone is 1. The molecule has 104 valence electrons. The molecule has 3 rings (SSSR count). The molecule has 2 aromatic carbocycles. The molecule has 1 aliphatic heterocycles. The minimum atomic E-state index is -0.0802. The van der Waals surface area contributed by atoms with Crippen molar-refractivity contribution in [3.63, 3.8) is 0 Å². The Balaban J connectivity index is 1.85. The van der Waals surface area contributed by atoms with Gasteiger partial charge in [0.1, 0.15) is 0 Å². The van der Waals surface area contributed by atoms with E-state index in [-0.39, 0.29) is 13.4 Å². The van der Waals surface area contributed by atoms with E-state index in [2.05, 4.69) is 11.8 Å². The molecule has 0 fully saturated rings. The quantitative estimate of drug-likeness (QED) is 0.859. The van der Waals surface area contributed by atoms with E-state index in [0.717, 1.165) is 22.4 Å². The highest BCUT2D eigenvalue weighted by atomic mass is 16.7. The van der Waals surface area contributed by atoms with Crippen molar-refractivity contribution in [2.45, 2.75) is 0 Å². The van der Waals surface area contributed by atoms with Gasteiger partial charge in [0.25, 0.3) is 0 Å². The second-order valence-corrected chi connectivity index (χ2v) is 4.53. The third-order valence-electron chi connectivity index (χ3n) is 3.15. The van der Waals surface area contributed by atoms with Crippen LogP contribution < -0.4 is 9.47 Å². The Kier molecular flexibility index (Phi) is 3.90. The highest BCUT2D eigenvalue weighted by Gasteiger charge is 2.14. The molecule has 0 saturated carbocycles. The smallest absolute Gasteiger partial charge is 0.231 e. The van der Waals surface area contributed by atoms with Crippen molar-refractivity contribution in [3.05, 3.63) is 65.7 Å². The number of benzene rings is 2. The van der Waals surface area contributed by atoms with E-state index in [1.807, 2.05) is 48.5 Å². The summed E-state index contributed by atoms with van der Waals surface area (Å²) in [6.07, 6.45) is 1.73. The van der Waals surface area contributed by atoms with E-state index in [4.69, 9.17) is 9.47 Å². The molecule has 0 radical (unpaired) electrons. The summed E-state index contributed by atoms with van der Waals surface area (Å²) in [6, 6.07) is 15.3. The fraction of sp³-hybridized carbons (Fsp3) is 0.111. The molecule has 2 aromatic rings. The van der Waals surface area contributed by atoms with Crippen LogP contribution in [0.3, 0.4) is 0 Å². The number of fused-ring (bicyclic) bond motifs is 1. The first-order chi connectivity index (χ1) is 10.4. The van der Waals surface area contributed by atoms with Crippen molar-refractivity contribution < 1.29 is 14.6 Å². The minimum Gasteiger partial charge on any atom is -0.454 e. The Labute approximate surface area is 123 Å². The number of aliphatic hydroxyl groups is 1. The maximum atomic E-state index is 9.52. The Bertz CT molecular complexity index is 721. The van der Waals surface area contributed by atoms with Crippen LogP contribution in [0.5, 0.6) is 11.5 Å². The first-order valence-corrected chi connectivity index (χ1v) is 6.63. The van der Waals surface area contributed by atoms with Crippen molar-refractivity contribution >= 4 is 5.57 Å². The van der Waals surface area contributed by atoms with E-state index in [1.165, 1.54) is 0 Å². The number of ether oxygens (including phenoxy) is 2. The first-order valence-electron chi connectivity index (χ1n) is 6.63. The summed E-state index contributed by atoms with van der Waals surface area (Å²) in [4.78, 5) is 0. The Morgan fingerprint density at radius 1 is 1.10 bits per heavy atom. The molecule has 0 bridgehead atoms. The molecule has 3 nitrogen and oxygen atoms in total. The SMILES string of the molecule is OC/C(=C\C#Cc1ccccc1)c1ccc2c(c1)OCO2. The van der Waals surface area contributed by atoms with Crippen LogP contribution in [0.25, 0.3) is 5.57 Å². The lowest BCUT2D eigenvalue weighted by atomic mass is 10.1. The number of rotatable bonds is 2. The van der Waals surface area contributed by atoms with Gasteiger partial charge in [-0.25, -0.2) is 0 Å². The maximum absolute atomic E-state index is 9.52. The average Bonchev–Trinajstić information content (AvgIpc) is 3.00. The summed E-state index contributed by atoms with van der Waals surface area (Å²) < 4.78 is 10.6. The van der Waals surface area contributed by atoms with Crippen LogP contribution in [0.1, 0.15) is 11.1 Å². The molecule has 0 spiro atoms. The fourth-order valence-corrected chi connectivity index (χ4v) is 2.04. The van der Waals surface area contributed by atoms with Crippen molar-refractivity contribution in [2.24, 2.45) is 0 Å². The van der Waals surface area contributed by atoms with Crippen LogP contribution in [0.4, 0.5) is 0 Å². The Morgan fingerprint density at radius 2 is 1.90 bits per heavy atom. The fourth-order valence-electron chi connectivity index (χ4n) is 2.04. The van der Waals surface area contributed by atoms with Crippen LogP contribution in [-0.2, 0) is 0 Å². The van der Waals surface area contributed by atoms with Crippen LogP contribution in [0.15, 0.2) is 54.6 Å². The maximum Gasteiger partial charge on any atom is 0.231 e. The third kappa shape index (κ3) is 3.07. The summed E-state index contributed by atoms with van der Waals surface area (Å²) in [5.41, 5.74) is 2.57. The lowest BCUT2D eigenvalue weighted by Gasteiger charge is -2.04. The van der Waals surface area contributed by atoms with Crippen LogP contribution >= 0.6 is 0 Å². The normalized spacial score (nSPS) is 12.7. The summed E-state index contributed by atoms with van der Waals surface area (Å²) in [6.45, 7) is 0.161. The first kappa shape index (κ1) is 13.3. The van der Waals surface area contributed by atoms with Gasteiger partial charge in [-0.05, 0) is 41.5 Å². The Morgan fingerprint density at radius 3 is 2.71 bits per heavy atom. The number of hydrogen-bond acceptors (Lipinski definition) is 3. The lowest BCUT2D eigenvalue weighted by molar-refractivity contribution is 0.174. The molecule has 1 heterocycles. The third-order valence-corrected chi connectivity index (χ3v) is 3.15. The summed E-state index contributed by atoms with van der Waals surface area (Å²) in [5, 5.41) is 9.52. The van der Waals surface area contributed by atoms with Gasteiger partial charge < -0.3 is 14.6 Å². The molecule has 1 N–H and O–H groups in total. The average molecular weight is 278 g/mol. The highest BCUT2D eigenvalue weighted by Crippen LogP contribution is 2.34. The van der Waals surface area contributed by atoms with Crippen LogP contribution in [0.2, 0.25) is 0 Å². The highest BCUT2D eigenvalue weighted by molar-refractivity contribution is 5.71. The standard InChI is InChI=1S/C18H14O3/c19-12-16(8-4-7-14-5-2-1-3-6-14)15-9-10-17-18(11-15)21-13-20-17/h1-3,5-6,8-11,19H,12-13H2/b16-8+. The Hall–Kier alpha value is -2.70. The van der Waals surface area contributed by atoms with Gasteiger partial charge in [-0.15, -0.1) is 0 Å². The molecule has 0 atom stereocenters. The monoisotopic (exact) mass is 278 g/mol. The van der Waals surface area contributed by atoms with Crippen LogP contribution in [0, 0.1) is 11.8 Å². The van der Waals surface area contributed by atoms with E-state index >= 15 is 0 Å². The van der Waals surface area contributed by atoms with Gasteiger partial charge in [0.2, 0.25) is 6.79 Å². The second kappa shape index (κ2) is 6.17. The molecule has 0 amide bonds. The van der Waals surface area contributed by atoms with E-state index in [9.17, 15) is 5.11 Å². The van der Waals surface area contributed by atoms with Crippen LogP contribution in [-0.4, -0.2) is 18.5 Å². The van der Waals surface area contributed by atoms with Gasteiger partial charge in [-0.3, -0.25) is 0 Å². The predicted molar refractivity (Wildman–Crippen MR) is 80.9 cm³/mol. The molecule has 21 heavy (non-hydrogen) atoms. The van der Waals surface area contributed by atoms with Gasteiger partial charge in [-0.1, -0.05) is 36.1 Å². The molecule has 3 heteroatoms. The van der Waals surface area contributed by atoms with Crippen molar-refractivity contribution in [1.82, 2.24) is 0 Å². The minimum absolute atomic E-state index is 0.0802. The summed E-state index contributed by atoms with van der Waals surface area (Å²) in [7, 11) is 0. The predicted octanol–water partition coefficient (Wildman–Crippen LogP) is 2.84. The molecule has 0 saturated heterocycles. The van der Waals surface area contributed by atoms with Gasteiger partial charge >= 0.3 is 0 Å². The van der Waals surface area contributed by atoms with Gasteiger partial charge in [0, 0.05) is 5.56 Å². The summed E-state index contributed by atoms with van der Waals surface area (Å²) >= 11 is 0. The van der Waals surface area contributed by atoms with E-state index in [0.29, 0.717) is 5.75 Å². The lowest BCUT2D eigenvalue weighted by Crippen LogP contribution is -1.93. The van der Waals surface area contributed by atoms with Gasteiger partial charge in [0.05, 0.1) is 6.61 Å². The van der Waals surface area contributed by atoms with Crippen molar-refractivity contribution in [2.75, 3.05) is 13.4 Å². The second-order valence-electron chi connectivity index (χ2n) is 4.53. The summed E-state index contributed by atoms with van der Waals surface area (Å²) in [5.74, 6) is 7.44. The number of aliphatic hydroxyl groups excluding tert-OH is 1. The molecule has 0 aliphatic carbocycles. The zero-order chi connectivity index (χ0) is 14.5. The zero-order valence-corrected chi connectivity index (χ0v) is 11.4. The molecule has 0 aromatic heterocycles. The van der Waals surface area contributed by atoms with Crippen molar-refractivity contribution in [1.29, 1.82) is 0 Å². The molecular formula is C18H14O3. The van der Waals surface area contributed by atoms with Gasteiger partial charge in [-0.2, -0.15) is 0 Å².